The van der Waals surface area contributed by atoms with Crippen LogP contribution in [0.25, 0.3) is 0 Å². The van der Waals surface area contributed by atoms with Crippen molar-refractivity contribution in [1.29, 1.82) is 0 Å². The number of likely N-dealkylation sites (tertiary alicyclic amines) is 1. The van der Waals surface area contributed by atoms with Crippen LogP contribution in [0.4, 0.5) is 0 Å². The number of nitrogens with two attached hydrogens (primary N) is 1. The molecule has 0 aliphatic carbocycles. The van der Waals surface area contributed by atoms with Gasteiger partial charge in [-0.2, -0.15) is 0 Å². The summed E-state index contributed by atoms with van der Waals surface area (Å²) in [7, 11) is 0. The summed E-state index contributed by atoms with van der Waals surface area (Å²) in [5.74, 6) is 0.950. The van der Waals surface area contributed by atoms with Crippen molar-refractivity contribution in [2.45, 2.75) is 51.5 Å². The third-order valence-corrected chi connectivity index (χ3v) is 4.63. The van der Waals surface area contributed by atoms with Crippen molar-refractivity contribution in [3.05, 3.63) is 29.8 Å². The van der Waals surface area contributed by atoms with Crippen LogP contribution in [0.2, 0.25) is 0 Å². The van der Waals surface area contributed by atoms with E-state index in [1.54, 1.807) is 0 Å². The van der Waals surface area contributed by atoms with Crippen LogP contribution in [-0.4, -0.2) is 36.7 Å². The van der Waals surface area contributed by atoms with Crippen LogP contribution in [0.5, 0.6) is 5.75 Å². The van der Waals surface area contributed by atoms with Crippen LogP contribution in [0.3, 0.4) is 0 Å². The highest BCUT2D eigenvalue weighted by atomic mass is 16.5. The van der Waals surface area contributed by atoms with Crippen molar-refractivity contribution in [3.8, 4) is 5.75 Å². The molecular formula is C18H30N2O. The Hall–Kier alpha value is -1.06. The highest BCUT2D eigenvalue weighted by molar-refractivity contribution is 5.28. The molecule has 1 saturated heterocycles. The van der Waals surface area contributed by atoms with Crippen molar-refractivity contribution in [1.82, 2.24) is 4.90 Å². The Balaban J connectivity index is 2.05. The van der Waals surface area contributed by atoms with Crippen molar-refractivity contribution < 1.29 is 4.74 Å². The van der Waals surface area contributed by atoms with Crippen molar-refractivity contribution in [3.63, 3.8) is 0 Å². The van der Waals surface area contributed by atoms with Crippen LogP contribution < -0.4 is 10.5 Å². The highest BCUT2D eigenvalue weighted by Crippen LogP contribution is 2.25. The maximum atomic E-state index is 6.15. The van der Waals surface area contributed by atoms with Crippen molar-refractivity contribution in [2.75, 3.05) is 26.2 Å². The minimum absolute atomic E-state index is 0.0669. The molecule has 0 spiro atoms. The molecule has 0 radical (unpaired) electrons. The zero-order valence-electron chi connectivity index (χ0n) is 13.6. The summed E-state index contributed by atoms with van der Waals surface area (Å²) in [5, 5.41) is 0. The summed E-state index contributed by atoms with van der Waals surface area (Å²) in [6.07, 6.45) is 6.34. The Labute approximate surface area is 129 Å². The molecule has 0 amide bonds. The predicted molar refractivity (Wildman–Crippen MR) is 88.8 cm³/mol. The van der Waals surface area contributed by atoms with E-state index in [-0.39, 0.29) is 5.54 Å². The molecule has 2 N–H and O–H groups in total. The van der Waals surface area contributed by atoms with Gasteiger partial charge in [-0.1, -0.05) is 25.0 Å². The molecule has 118 valence electrons. The van der Waals surface area contributed by atoms with E-state index in [9.17, 15) is 0 Å². The van der Waals surface area contributed by atoms with Gasteiger partial charge in [0.1, 0.15) is 5.75 Å². The summed E-state index contributed by atoms with van der Waals surface area (Å²) in [6.45, 7) is 8.12. The largest absolute Gasteiger partial charge is 0.494 e. The Kier molecular flexibility index (Phi) is 6.07. The summed E-state index contributed by atoms with van der Waals surface area (Å²) in [5.41, 5.74) is 7.56. The number of rotatable bonds is 6. The summed E-state index contributed by atoms with van der Waals surface area (Å²) < 4.78 is 5.52. The van der Waals surface area contributed by atoms with E-state index < -0.39 is 0 Å². The molecule has 1 aromatic carbocycles. The van der Waals surface area contributed by atoms with E-state index in [4.69, 9.17) is 10.5 Å². The van der Waals surface area contributed by atoms with E-state index in [2.05, 4.69) is 36.1 Å². The van der Waals surface area contributed by atoms with E-state index in [0.717, 1.165) is 12.2 Å². The molecular weight excluding hydrogens is 260 g/mol. The van der Waals surface area contributed by atoms with Crippen LogP contribution in [-0.2, 0) is 6.42 Å². The fraction of sp³-hybridized carbons (Fsp3) is 0.667. The molecule has 0 bridgehead atoms. The summed E-state index contributed by atoms with van der Waals surface area (Å²) in [6, 6.07) is 8.49. The van der Waals surface area contributed by atoms with Crippen molar-refractivity contribution >= 4 is 0 Å². The molecule has 1 fully saturated rings. The van der Waals surface area contributed by atoms with E-state index in [0.29, 0.717) is 13.2 Å². The second kappa shape index (κ2) is 7.81. The quantitative estimate of drug-likeness (QED) is 0.874. The molecule has 1 heterocycles. The smallest absolute Gasteiger partial charge is 0.119 e. The Morgan fingerprint density at radius 2 is 1.71 bits per heavy atom. The monoisotopic (exact) mass is 290 g/mol. The van der Waals surface area contributed by atoms with Gasteiger partial charge in [-0.25, -0.2) is 0 Å². The lowest BCUT2D eigenvalue weighted by molar-refractivity contribution is 0.114. The average Bonchev–Trinajstić information content (AvgIpc) is 2.79. The second-order valence-electron chi connectivity index (χ2n) is 6.36. The fourth-order valence-corrected chi connectivity index (χ4v) is 3.23. The molecule has 0 saturated carbocycles. The van der Waals surface area contributed by atoms with Crippen LogP contribution in [0.1, 0.15) is 45.1 Å². The minimum atomic E-state index is 0.0669. The highest BCUT2D eigenvalue weighted by Gasteiger charge is 2.30. The molecule has 3 nitrogen and oxygen atoms in total. The average molecular weight is 290 g/mol. The van der Waals surface area contributed by atoms with Gasteiger partial charge >= 0.3 is 0 Å². The third-order valence-electron chi connectivity index (χ3n) is 4.63. The topological polar surface area (TPSA) is 38.5 Å². The second-order valence-corrected chi connectivity index (χ2v) is 6.36. The number of hydrogen-bond donors (Lipinski definition) is 1. The number of ether oxygens (including phenoxy) is 1. The lowest BCUT2D eigenvalue weighted by Crippen LogP contribution is -2.53. The normalized spacial score (nSPS) is 19.8. The molecule has 1 unspecified atom stereocenters. The maximum Gasteiger partial charge on any atom is 0.119 e. The van der Waals surface area contributed by atoms with Crippen LogP contribution >= 0.6 is 0 Å². The zero-order valence-corrected chi connectivity index (χ0v) is 13.6. The first-order chi connectivity index (χ1) is 10.2. The maximum absolute atomic E-state index is 6.15. The zero-order chi connectivity index (χ0) is 15.1. The van der Waals surface area contributed by atoms with E-state index in [1.807, 2.05) is 6.92 Å². The number of hydrogen-bond acceptors (Lipinski definition) is 3. The lowest BCUT2D eigenvalue weighted by atomic mass is 9.90. The molecule has 1 atom stereocenters. The van der Waals surface area contributed by atoms with Gasteiger partial charge in [0.15, 0.2) is 0 Å². The van der Waals surface area contributed by atoms with E-state index >= 15 is 0 Å². The van der Waals surface area contributed by atoms with Crippen LogP contribution in [0.15, 0.2) is 24.3 Å². The van der Waals surface area contributed by atoms with Gasteiger partial charge in [0.05, 0.1) is 6.61 Å². The molecule has 2 rings (SSSR count). The van der Waals surface area contributed by atoms with Gasteiger partial charge < -0.3 is 10.5 Å². The third kappa shape index (κ3) is 4.45. The van der Waals surface area contributed by atoms with Gasteiger partial charge in [0, 0.05) is 12.1 Å². The SMILES string of the molecule is CCOc1ccc(CC(C)(CN)N2CCCCCC2)cc1. The first-order valence-electron chi connectivity index (χ1n) is 8.35. The lowest BCUT2D eigenvalue weighted by Gasteiger charge is -2.40. The molecule has 3 heteroatoms. The van der Waals surface area contributed by atoms with Gasteiger partial charge in [0.25, 0.3) is 0 Å². The number of benzene rings is 1. The van der Waals surface area contributed by atoms with Gasteiger partial charge in [0.2, 0.25) is 0 Å². The Morgan fingerprint density at radius 3 is 2.24 bits per heavy atom. The first-order valence-corrected chi connectivity index (χ1v) is 8.35. The standard InChI is InChI=1S/C18H30N2O/c1-3-21-17-10-8-16(9-11-17)14-18(2,15-19)20-12-6-4-5-7-13-20/h8-11H,3-7,12-15,19H2,1-2H3. The Bertz CT molecular complexity index is 410. The van der Waals surface area contributed by atoms with Gasteiger partial charge in [-0.3, -0.25) is 4.90 Å². The Morgan fingerprint density at radius 1 is 1.10 bits per heavy atom. The number of nitrogens with zero attached hydrogens (tertiary/aromatic N) is 1. The molecule has 1 aliphatic rings. The van der Waals surface area contributed by atoms with Gasteiger partial charge in [-0.05, 0) is 63.9 Å². The summed E-state index contributed by atoms with van der Waals surface area (Å²) >= 11 is 0. The van der Waals surface area contributed by atoms with Crippen molar-refractivity contribution in [2.24, 2.45) is 5.73 Å². The molecule has 1 aromatic rings. The summed E-state index contributed by atoms with van der Waals surface area (Å²) in [4.78, 5) is 2.61. The molecule has 21 heavy (non-hydrogen) atoms. The van der Waals surface area contributed by atoms with E-state index in [1.165, 1.54) is 44.3 Å². The molecule has 1 aliphatic heterocycles. The predicted octanol–water partition coefficient (Wildman–Crippen LogP) is 3.22. The van der Waals surface area contributed by atoms with Gasteiger partial charge in [-0.15, -0.1) is 0 Å². The van der Waals surface area contributed by atoms with Crippen LogP contribution in [0, 0.1) is 0 Å². The fourth-order valence-electron chi connectivity index (χ4n) is 3.23. The first kappa shape index (κ1) is 16.3. The minimum Gasteiger partial charge on any atom is -0.494 e. The molecule has 0 aromatic heterocycles.